The Kier molecular flexibility index (Phi) is 5.19. The minimum absolute atomic E-state index is 0.135. The number of aromatic nitrogens is 2. The first-order chi connectivity index (χ1) is 15.3. The lowest BCUT2D eigenvalue weighted by atomic mass is 10.1. The first-order valence-corrected chi connectivity index (χ1v) is 10.2. The normalized spacial score (nSPS) is 12.5. The Labute approximate surface area is 180 Å². The number of amides is 1. The van der Waals surface area contributed by atoms with Gasteiger partial charge in [-0.3, -0.25) is 9.78 Å². The second kappa shape index (κ2) is 8.44. The average Bonchev–Trinajstić information content (AvgIpc) is 2.83. The van der Waals surface area contributed by atoms with E-state index in [1.54, 1.807) is 23.4 Å². The van der Waals surface area contributed by atoms with Crippen molar-refractivity contribution in [2.24, 2.45) is 0 Å². The Balaban J connectivity index is 1.46. The maximum absolute atomic E-state index is 13.5. The fraction of sp³-hybridized carbons (Fsp3) is 0.160. The van der Waals surface area contributed by atoms with Crippen LogP contribution in [0.2, 0.25) is 0 Å². The predicted octanol–water partition coefficient (Wildman–Crippen LogP) is 4.24. The van der Waals surface area contributed by atoms with Gasteiger partial charge in [-0.25, -0.2) is 4.98 Å². The van der Waals surface area contributed by atoms with Crippen LogP contribution in [0.5, 0.6) is 11.5 Å². The number of hydrogen-bond acceptors (Lipinski definition) is 5. The molecule has 1 aliphatic rings. The largest absolute Gasteiger partial charge is 0.486 e. The van der Waals surface area contributed by atoms with Gasteiger partial charge in [0.15, 0.2) is 11.5 Å². The first-order valence-electron chi connectivity index (χ1n) is 10.2. The van der Waals surface area contributed by atoms with E-state index >= 15 is 0 Å². The number of pyridine rings is 2. The molecule has 0 N–H and O–H groups in total. The maximum atomic E-state index is 13.5. The number of benzene rings is 2. The zero-order valence-electron chi connectivity index (χ0n) is 16.9. The summed E-state index contributed by atoms with van der Waals surface area (Å²) in [4.78, 5) is 24.0. The van der Waals surface area contributed by atoms with Crippen molar-refractivity contribution in [3.05, 3.63) is 95.9 Å². The van der Waals surface area contributed by atoms with Crippen LogP contribution in [0, 0.1) is 0 Å². The van der Waals surface area contributed by atoms with Crippen molar-refractivity contribution < 1.29 is 14.3 Å². The van der Waals surface area contributed by atoms with Crippen LogP contribution in [-0.2, 0) is 13.1 Å². The summed E-state index contributed by atoms with van der Waals surface area (Å²) in [5.74, 6) is 1.31. The van der Waals surface area contributed by atoms with Crippen LogP contribution in [0.25, 0.3) is 10.9 Å². The summed E-state index contributed by atoms with van der Waals surface area (Å²) >= 11 is 0. The summed E-state index contributed by atoms with van der Waals surface area (Å²) in [6.45, 7) is 1.91. The number of rotatable bonds is 5. The molecule has 31 heavy (non-hydrogen) atoms. The number of carbonyl (C=O) groups excluding carboxylic acids is 1. The molecule has 0 aliphatic carbocycles. The van der Waals surface area contributed by atoms with E-state index < -0.39 is 0 Å². The molecule has 0 saturated carbocycles. The van der Waals surface area contributed by atoms with Gasteiger partial charge in [-0.2, -0.15) is 0 Å². The van der Waals surface area contributed by atoms with Gasteiger partial charge in [-0.15, -0.1) is 0 Å². The number of ether oxygens (including phenoxy) is 2. The number of fused-ring (bicyclic) bond motifs is 2. The van der Waals surface area contributed by atoms with Crippen molar-refractivity contribution in [1.82, 2.24) is 14.9 Å². The zero-order valence-corrected chi connectivity index (χ0v) is 16.9. The molecule has 0 bridgehead atoms. The maximum Gasteiger partial charge on any atom is 0.273 e. The molecule has 0 unspecified atom stereocenters. The van der Waals surface area contributed by atoms with Gasteiger partial charge in [0.2, 0.25) is 0 Å². The molecule has 5 rings (SSSR count). The van der Waals surface area contributed by atoms with Crippen molar-refractivity contribution >= 4 is 16.8 Å². The lowest BCUT2D eigenvalue weighted by Crippen LogP contribution is -2.31. The van der Waals surface area contributed by atoms with Crippen LogP contribution in [0.15, 0.2) is 79.1 Å². The second-order valence-corrected chi connectivity index (χ2v) is 7.39. The summed E-state index contributed by atoms with van der Waals surface area (Å²) in [6, 6.07) is 21.1. The molecule has 6 heteroatoms. The third kappa shape index (κ3) is 4.19. The fourth-order valence-corrected chi connectivity index (χ4v) is 3.67. The molecule has 0 fully saturated rings. The zero-order chi connectivity index (χ0) is 21.0. The Morgan fingerprint density at radius 1 is 0.871 bits per heavy atom. The lowest BCUT2D eigenvalue weighted by Gasteiger charge is -2.24. The van der Waals surface area contributed by atoms with E-state index in [4.69, 9.17) is 9.47 Å². The van der Waals surface area contributed by atoms with Crippen LogP contribution in [0.3, 0.4) is 0 Å². The van der Waals surface area contributed by atoms with E-state index in [9.17, 15) is 4.79 Å². The van der Waals surface area contributed by atoms with Crippen molar-refractivity contribution in [3.63, 3.8) is 0 Å². The van der Waals surface area contributed by atoms with Crippen LogP contribution in [0.1, 0.15) is 21.6 Å². The minimum Gasteiger partial charge on any atom is -0.486 e. The van der Waals surface area contributed by atoms with Gasteiger partial charge in [0.1, 0.15) is 18.9 Å². The van der Waals surface area contributed by atoms with Gasteiger partial charge in [0, 0.05) is 30.9 Å². The topological polar surface area (TPSA) is 64.6 Å². The summed E-state index contributed by atoms with van der Waals surface area (Å²) in [6.07, 6.45) is 3.50. The summed E-state index contributed by atoms with van der Waals surface area (Å²) < 4.78 is 11.3. The van der Waals surface area contributed by atoms with Gasteiger partial charge in [0.25, 0.3) is 5.91 Å². The molecule has 6 nitrogen and oxygen atoms in total. The van der Waals surface area contributed by atoms with Crippen molar-refractivity contribution in [2.75, 3.05) is 13.2 Å². The summed E-state index contributed by atoms with van der Waals surface area (Å²) in [5.41, 5.74) is 3.13. The Hall–Kier alpha value is -3.93. The molecule has 0 radical (unpaired) electrons. The van der Waals surface area contributed by atoms with Crippen LogP contribution in [0.4, 0.5) is 0 Å². The lowest BCUT2D eigenvalue weighted by molar-refractivity contribution is 0.0724. The molecule has 0 atom stereocenters. The van der Waals surface area contributed by atoms with E-state index in [1.807, 2.05) is 60.7 Å². The molecule has 0 saturated heterocycles. The molecule has 2 aromatic heterocycles. The van der Waals surface area contributed by atoms with Crippen molar-refractivity contribution in [3.8, 4) is 11.5 Å². The summed E-state index contributed by atoms with van der Waals surface area (Å²) in [7, 11) is 0. The molecule has 1 amide bonds. The SMILES string of the molecule is O=C(c1ccc2ccccc2n1)N(Cc1cccnc1)Cc1ccc2c(c1)OCCO2. The van der Waals surface area contributed by atoms with Gasteiger partial charge in [-0.05, 0) is 41.5 Å². The van der Waals surface area contributed by atoms with Crippen molar-refractivity contribution in [2.45, 2.75) is 13.1 Å². The van der Waals surface area contributed by atoms with Crippen LogP contribution < -0.4 is 9.47 Å². The Bertz CT molecular complexity index is 1230. The third-order valence-electron chi connectivity index (χ3n) is 5.18. The average molecular weight is 411 g/mol. The van der Waals surface area contributed by atoms with Gasteiger partial charge in [0.05, 0.1) is 5.52 Å². The smallest absolute Gasteiger partial charge is 0.273 e. The number of hydrogen-bond donors (Lipinski definition) is 0. The Morgan fingerprint density at radius 3 is 2.58 bits per heavy atom. The Morgan fingerprint density at radius 2 is 1.71 bits per heavy atom. The fourth-order valence-electron chi connectivity index (χ4n) is 3.67. The number of carbonyl (C=O) groups is 1. The molecular formula is C25H21N3O3. The highest BCUT2D eigenvalue weighted by molar-refractivity contribution is 5.94. The molecule has 1 aliphatic heterocycles. The highest BCUT2D eigenvalue weighted by Crippen LogP contribution is 2.31. The molecule has 154 valence electrons. The van der Waals surface area contributed by atoms with E-state index in [-0.39, 0.29) is 5.91 Å². The number of para-hydroxylation sites is 1. The van der Waals surface area contributed by atoms with E-state index in [0.717, 1.165) is 27.8 Å². The van der Waals surface area contributed by atoms with E-state index in [2.05, 4.69) is 9.97 Å². The highest BCUT2D eigenvalue weighted by Gasteiger charge is 2.20. The predicted molar refractivity (Wildman–Crippen MR) is 117 cm³/mol. The molecule has 4 aromatic rings. The minimum atomic E-state index is -0.135. The number of nitrogens with zero attached hydrogens (tertiary/aromatic N) is 3. The van der Waals surface area contributed by atoms with Gasteiger partial charge < -0.3 is 14.4 Å². The van der Waals surface area contributed by atoms with Crippen LogP contribution in [-0.4, -0.2) is 34.0 Å². The highest BCUT2D eigenvalue weighted by atomic mass is 16.6. The third-order valence-corrected chi connectivity index (χ3v) is 5.18. The second-order valence-electron chi connectivity index (χ2n) is 7.39. The van der Waals surface area contributed by atoms with Crippen LogP contribution >= 0.6 is 0 Å². The molecule has 0 spiro atoms. The quantitative estimate of drug-likeness (QED) is 0.491. The molecule has 2 aromatic carbocycles. The standard InChI is InChI=1S/C25H21N3O3/c29-25(22-9-8-20-5-1-2-6-21(20)27-22)28(17-19-4-3-11-26-15-19)16-18-7-10-23-24(14-18)31-13-12-30-23/h1-11,14-15H,12-13,16-17H2. The molecule has 3 heterocycles. The first kappa shape index (κ1) is 19.1. The van der Waals surface area contributed by atoms with E-state index in [1.165, 1.54) is 0 Å². The van der Waals surface area contributed by atoms with Gasteiger partial charge >= 0.3 is 0 Å². The summed E-state index contributed by atoms with van der Waals surface area (Å²) in [5, 5.41) is 1.00. The van der Waals surface area contributed by atoms with Gasteiger partial charge in [-0.1, -0.05) is 36.4 Å². The van der Waals surface area contributed by atoms with Crippen molar-refractivity contribution in [1.29, 1.82) is 0 Å². The van der Waals surface area contributed by atoms with E-state index in [0.29, 0.717) is 37.7 Å². The monoisotopic (exact) mass is 411 g/mol. The molecular weight excluding hydrogens is 390 g/mol.